The van der Waals surface area contributed by atoms with Crippen LogP contribution in [0.3, 0.4) is 0 Å². The molecule has 15 heavy (non-hydrogen) atoms. The van der Waals surface area contributed by atoms with E-state index in [4.69, 9.17) is 20.8 Å². The molecule has 1 saturated heterocycles. The van der Waals surface area contributed by atoms with E-state index >= 15 is 0 Å². The molecule has 1 aliphatic heterocycles. The zero-order valence-corrected chi connectivity index (χ0v) is 8.96. The third-order valence-electron chi connectivity index (χ3n) is 2.63. The van der Waals surface area contributed by atoms with E-state index in [-0.39, 0.29) is 24.6 Å². The number of hydrogen-bond acceptors (Lipinski definition) is 5. The van der Waals surface area contributed by atoms with Crippen molar-refractivity contribution in [2.24, 2.45) is 10.9 Å². The molecule has 0 spiro atoms. The van der Waals surface area contributed by atoms with Crippen molar-refractivity contribution in [2.75, 3.05) is 26.3 Å². The lowest BCUT2D eigenvalue weighted by Gasteiger charge is -2.36. The predicted octanol–water partition coefficient (Wildman–Crippen LogP) is -0.795. The average molecular weight is 217 g/mol. The summed E-state index contributed by atoms with van der Waals surface area (Å²) in [4.78, 5) is 2.17. The molecule has 6 nitrogen and oxygen atoms in total. The first-order chi connectivity index (χ1) is 7.17. The van der Waals surface area contributed by atoms with Gasteiger partial charge >= 0.3 is 0 Å². The monoisotopic (exact) mass is 217 g/mol. The topological polar surface area (TPSA) is 91.3 Å². The van der Waals surface area contributed by atoms with Crippen LogP contribution in [-0.4, -0.2) is 59.5 Å². The highest BCUT2D eigenvalue weighted by atomic mass is 16.5. The van der Waals surface area contributed by atoms with Crippen LogP contribution in [0.2, 0.25) is 0 Å². The third kappa shape index (κ3) is 3.65. The Balaban J connectivity index is 2.41. The molecule has 0 aromatic carbocycles. The Morgan fingerprint density at radius 2 is 2.47 bits per heavy atom. The van der Waals surface area contributed by atoms with Crippen LogP contribution in [0.15, 0.2) is 5.16 Å². The zero-order valence-electron chi connectivity index (χ0n) is 8.96. The molecule has 0 aromatic rings. The van der Waals surface area contributed by atoms with Crippen molar-refractivity contribution < 1.29 is 15.1 Å². The molecule has 0 aliphatic carbocycles. The quantitative estimate of drug-likeness (QED) is 0.248. The predicted molar refractivity (Wildman–Crippen MR) is 55.9 cm³/mol. The van der Waals surface area contributed by atoms with Crippen LogP contribution in [0.25, 0.3) is 0 Å². The minimum atomic E-state index is -0.117. The van der Waals surface area contributed by atoms with E-state index in [9.17, 15) is 0 Å². The lowest BCUT2D eigenvalue weighted by Crippen LogP contribution is -2.48. The summed E-state index contributed by atoms with van der Waals surface area (Å²) in [6, 6.07) is 0.193. The highest BCUT2D eigenvalue weighted by molar-refractivity contribution is 5.80. The molecule has 1 heterocycles. The summed E-state index contributed by atoms with van der Waals surface area (Å²) in [6.07, 6.45) is 0.405. The van der Waals surface area contributed by atoms with Gasteiger partial charge in [0.05, 0.1) is 19.3 Å². The molecule has 1 fully saturated rings. The summed E-state index contributed by atoms with van der Waals surface area (Å²) in [5.41, 5.74) is 5.44. The van der Waals surface area contributed by atoms with Gasteiger partial charge < -0.3 is 20.8 Å². The summed E-state index contributed by atoms with van der Waals surface area (Å²) < 4.78 is 5.34. The largest absolute Gasteiger partial charge is 0.409 e. The van der Waals surface area contributed by atoms with Gasteiger partial charge in [0.1, 0.15) is 5.84 Å². The van der Waals surface area contributed by atoms with Gasteiger partial charge in [-0.2, -0.15) is 0 Å². The Bertz CT molecular complexity index is 223. The third-order valence-corrected chi connectivity index (χ3v) is 2.63. The number of hydrogen-bond donors (Lipinski definition) is 3. The number of aliphatic hydroxyl groups excluding tert-OH is 1. The van der Waals surface area contributed by atoms with Gasteiger partial charge in [-0.25, -0.2) is 0 Å². The lowest BCUT2D eigenvalue weighted by atomic mass is 10.1. The molecule has 0 amide bonds. The number of nitrogens with zero attached hydrogens (tertiary/aromatic N) is 2. The number of amidine groups is 1. The molecular weight excluding hydrogens is 198 g/mol. The van der Waals surface area contributed by atoms with Crippen molar-refractivity contribution in [2.45, 2.75) is 25.5 Å². The van der Waals surface area contributed by atoms with E-state index in [1.54, 1.807) is 0 Å². The van der Waals surface area contributed by atoms with Crippen LogP contribution in [-0.2, 0) is 4.74 Å². The second kappa shape index (κ2) is 5.89. The van der Waals surface area contributed by atoms with Crippen LogP contribution < -0.4 is 5.73 Å². The van der Waals surface area contributed by atoms with Crippen LogP contribution >= 0.6 is 0 Å². The van der Waals surface area contributed by atoms with E-state index in [1.807, 2.05) is 6.92 Å². The van der Waals surface area contributed by atoms with Crippen molar-refractivity contribution in [1.82, 2.24) is 4.90 Å². The van der Waals surface area contributed by atoms with Crippen molar-refractivity contribution in [1.29, 1.82) is 0 Å². The smallest absolute Gasteiger partial charge is 0.140 e. The molecule has 2 atom stereocenters. The number of nitrogens with two attached hydrogens (primary N) is 1. The molecule has 1 rings (SSSR count). The van der Waals surface area contributed by atoms with Gasteiger partial charge in [-0.05, 0) is 6.92 Å². The number of oxime groups is 1. The van der Waals surface area contributed by atoms with Gasteiger partial charge in [0.25, 0.3) is 0 Å². The van der Waals surface area contributed by atoms with Crippen molar-refractivity contribution >= 4 is 5.84 Å². The van der Waals surface area contributed by atoms with Gasteiger partial charge in [-0.3, -0.25) is 4.90 Å². The molecule has 0 bridgehead atoms. The highest BCUT2D eigenvalue weighted by Gasteiger charge is 2.23. The van der Waals surface area contributed by atoms with E-state index < -0.39 is 0 Å². The molecule has 0 aromatic heterocycles. The Hall–Kier alpha value is -0.850. The minimum Gasteiger partial charge on any atom is -0.409 e. The second-order valence-electron chi connectivity index (χ2n) is 3.81. The highest BCUT2D eigenvalue weighted by Crippen LogP contribution is 2.10. The second-order valence-corrected chi connectivity index (χ2v) is 3.81. The number of rotatable bonds is 4. The number of morpholine rings is 1. The normalized spacial score (nSPS) is 26.5. The summed E-state index contributed by atoms with van der Waals surface area (Å²) in [7, 11) is 0. The van der Waals surface area contributed by atoms with Crippen LogP contribution in [0.4, 0.5) is 0 Å². The van der Waals surface area contributed by atoms with E-state index in [0.29, 0.717) is 19.6 Å². The average Bonchev–Trinajstić information content (AvgIpc) is 2.28. The minimum absolute atomic E-state index is 0.0345. The summed E-state index contributed by atoms with van der Waals surface area (Å²) in [6.45, 7) is 4.17. The Kier molecular flexibility index (Phi) is 4.80. The molecular formula is C9H19N3O3. The molecule has 0 radical (unpaired) electrons. The maximum Gasteiger partial charge on any atom is 0.140 e. The molecule has 4 N–H and O–H groups in total. The first-order valence-corrected chi connectivity index (χ1v) is 5.10. The van der Waals surface area contributed by atoms with Crippen molar-refractivity contribution in [3.8, 4) is 0 Å². The Labute approximate surface area is 89.3 Å². The molecule has 0 saturated carbocycles. The van der Waals surface area contributed by atoms with Gasteiger partial charge in [-0.15, -0.1) is 0 Å². The Morgan fingerprint density at radius 3 is 3.07 bits per heavy atom. The van der Waals surface area contributed by atoms with Gasteiger partial charge in [0.2, 0.25) is 0 Å². The van der Waals surface area contributed by atoms with Gasteiger partial charge in [0.15, 0.2) is 0 Å². The van der Waals surface area contributed by atoms with Gasteiger partial charge in [0, 0.05) is 25.6 Å². The maximum absolute atomic E-state index is 8.98. The summed E-state index contributed by atoms with van der Waals surface area (Å²) in [5, 5.41) is 20.4. The fraction of sp³-hybridized carbons (Fsp3) is 0.889. The fourth-order valence-corrected chi connectivity index (χ4v) is 1.73. The van der Waals surface area contributed by atoms with Crippen molar-refractivity contribution in [3.63, 3.8) is 0 Å². The SMILES string of the molecule is CC(CC(N)=NO)N1CCOC(CO)C1. The molecule has 2 unspecified atom stereocenters. The Morgan fingerprint density at radius 1 is 1.73 bits per heavy atom. The summed E-state index contributed by atoms with van der Waals surface area (Å²) in [5.74, 6) is 0.231. The van der Waals surface area contributed by atoms with E-state index in [2.05, 4.69) is 10.1 Å². The lowest BCUT2D eigenvalue weighted by molar-refractivity contribution is -0.0620. The van der Waals surface area contributed by atoms with Crippen LogP contribution in [0.5, 0.6) is 0 Å². The first kappa shape index (κ1) is 12.2. The van der Waals surface area contributed by atoms with Crippen LogP contribution in [0, 0.1) is 0 Å². The molecule has 1 aliphatic rings. The maximum atomic E-state index is 8.98. The van der Waals surface area contributed by atoms with Crippen molar-refractivity contribution in [3.05, 3.63) is 0 Å². The summed E-state index contributed by atoms with van der Waals surface area (Å²) >= 11 is 0. The number of aliphatic hydroxyl groups is 1. The number of ether oxygens (including phenoxy) is 1. The fourth-order valence-electron chi connectivity index (χ4n) is 1.73. The first-order valence-electron chi connectivity index (χ1n) is 5.10. The standard InChI is InChI=1S/C9H19N3O3/c1-7(4-9(10)11-14)12-2-3-15-8(5-12)6-13/h7-8,13-14H,2-6H2,1H3,(H2,10,11). The van der Waals surface area contributed by atoms with E-state index in [1.165, 1.54) is 0 Å². The molecule has 6 heteroatoms. The zero-order chi connectivity index (χ0) is 11.3. The molecule has 88 valence electrons. The van der Waals surface area contributed by atoms with Gasteiger partial charge in [-0.1, -0.05) is 5.16 Å². The van der Waals surface area contributed by atoms with E-state index in [0.717, 1.165) is 6.54 Å². The van der Waals surface area contributed by atoms with Crippen LogP contribution in [0.1, 0.15) is 13.3 Å².